The van der Waals surface area contributed by atoms with Crippen molar-refractivity contribution in [3.8, 4) is 6.07 Å². The summed E-state index contributed by atoms with van der Waals surface area (Å²) in [5.74, 6) is -3.47. The fraction of sp³-hybridized carbons (Fsp3) is 0.211. The molecule has 3 aromatic rings. The lowest BCUT2D eigenvalue weighted by molar-refractivity contribution is 0.103. The monoisotopic (exact) mass is 418 g/mol. The Bertz CT molecular complexity index is 1260. The second kappa shape index (κ2) is 7.60. The van der Waals surface area contributed by atoms with Crippen LogP contribution in [0.1, 0.15) is 41.8 Å². The Morgan fingerprint density at radius 2 is 2.10 bits per heavy atom. The van der Waals surface area contributed by atoms with Crippen molar-refractivity contribution in [1.82, 2.24) is 9.97 Å². The first-order valence-electron chi connectivity index (χ1n) is 8.61. The van der Waals surface area contributed by atoms with Crippen LogP contribution in [0.25, 0.3) is 11.0 Å². The second-order valence-corrected chi connectivity index (χ2v) is 8.51. The molecule has 1 unspecified atom stereocenters. The van der Waals surface area contributed by atoms with Gasteiger partial charge >= 0.3 is 0 Å². The van der Waals surface area contributed by atoms with Crippen molar-refractivity contribution >= 4 is 32.5 Å². The van der Waals surface area contributed by atoms with E-state index in [0.717, 1.165) is 12.1 Å². The minimum absolute atomic E-state index is 0.0932. The summed E-state index contributed by atoms with van der Waals surface area (Å²) >= 11 is 0. The summed E-state index contributed by atoms with van der Waals surface area (Å²) in [7, 11) is -3.91. The molecule has 7 nitrogen and oxygen atoms in total. The number of rotatable bonds is 6. The van der Waals surface area contributed by atoms with E-state index in [4.69, 9.17) is 5.26 Å². The first-order chi connectivity index (χ1) is 13.7. The average molecular weight is 418 g/mol. The predicted molar refractivity (Wildman–Crippen MR) is 103 cm³/mol. The number of anilines is 1. The summed E-state index contributed by atoms with van der Waals surface area (Å²) in [6.45, 7) is 3.10. The molecule has 2 heterocycles. The molecule has 2 N–H and O–H groups in total. The molecule has 150 valence electrons. The number of hydrogen-bond donors (Lipinski definition) is 2. The number of benzene rings is 1. The highest BCUT2D eigenvalue weighted by Gasteiger charge is 2.27. The van der Waals surface area contributed by atoms with E-state index in [1.165, 1.54) is 25.4 Å². The van der Waals surface area contributed by atoms with Crippen LogP contribution in [0.5, 0.6) is 0 Å². The average Bonchev–Trinajstić information content (AvgIpc) is 3.12. The minimum atomic E-state index is -3.91. The summed E-state index contributed by atoms with van der Waals surface area (Å²) < 4.78 is 55.8. The van der Waals surface area contributed by atoms with Gasteiger partial charge in [-0.05, 0) is 31.5 Å². The summed E-state index contributed by atoms with van der Waals surface area (Å²) in [5, 5.41) is 8.42. The highest BCUT2D eigenvalue weighted by Crippen LogP contribution is 2.28. The van der Waals surface area contributed by atoms with Crippen LogP contribution in [0.3, 0.4) is 0 Å². The zero-order valence-corrected chi connectivity index (χ0v) is 16.3. The first-order valence-corrected chi connectivity index (χ1v) is 10.2. The van der Waals surface area contributed by atoms with Crippen LogP contribution in [0, 0.1) is 23.0 Å². The van der Waals surface area contributed by atoms with Crippen molar-refractivity contribution in [2.24, 2.45) is 0 Å². The smallest absolute Gasteiger partial charge is 0.235 e. The SMILES string of the molecule is CCC(C)S(=O)(=O)Nc1ccc(F)c(C(=O)c2c[nH]c3ncc(C#N)cc23)c1F. The summed E-state index contributed by atoms with van der Waals surface area (Å²) in [4.78, 5) is 19.6. The molecule has 0 fully saturated rings. The Kier molecular flexibility index (Phi) is 5.35. The van der Waals surface area contributed by atoms with Gasteiger partial charge in [0.25, 0.3) is 0 Å². The molecule has 1 aromatic carbocycles. The van der Waals surface area contributed by atoms with Crippen LogP contribution in [-0.2, 0) is 10.0 Å². The molecule has 0 amide bonds. The standard InChI is InChI=1S/C19H16F2N4O3S/c1-3-10(2)29(27,28)25-15-5-4-14(20)16(17(15)21)18(26)13-9-24-19-12(13)6-11(7-22)8-23-19/h4-6,8-10,25H,3H2,1-2H3,(H,23,24). The molecule has 2 aromatic heterocycles. The van der Waals surface area contributed by atoms with Crippen LogP contribution in [0.4, 0.5) is 14.5 Å². The molecule has 3 rings (SSSR count). The molecule has 0 aliphatic rings. The van der Waals surface area contributed by atoms with Gasteiger partial charge in [0.15, 0.2) is 5.82 Å². The number of H-pyrrole nitrogens is 1. The number of hydrogen-bond acceptors (Lipinski definition) is 5. The number of halogens is 2. The van der Waals surface area contributed by atoms with Crippen molar-refractivity contribution < 1.29 is 22.0 Å². The van der Waals surface area contributed by atoms with E-state index >= 15 is 0 Å². The van der Waals surface area contributed by atoms with Gasteiger partial charge in [-0.2, -0.15) is 5.26 Å². The lowest BCUT2D eigenvalue weighted by Crippen LogP contribution is -2.25. The lowest BCUT2D eigenvalue weighted by Gasteiger charge is -2.15. The number of ketones is 1. The lowest BCUT2D eigenvalue weighted by atomic mass is 10.0. The number of carbonyl (C=O) groups is 1. The Hall–Kier alpha value is -3.32. The number of fused-ring (bicyclic) bond motifs is 1. The number of aromatic amines is 1. The number of aromatic nitrogens is 2. The topological polar surface area (TPSA) is 116 Å². The van der Waals surface area contributed by atoms with Gasteiger partial charge in [-0.25, -0.2) is 22.2 Å². The largest absolute Gasteiger partial charge is 0.345 e. The third-order valence-corrected chi connectivity index (χ3v) is 6.48. The fourth-order valence-electron chi connectivity index (χ4n) is 2.70. The molecule has 10 heteroatoms. The van der Waals surface area contributed by atoms with Crippen LogP contribution >= 0.6 is 0 Å². The first kappa shape index (κ1) is 20.4. The molecule has 1 atom stereocenters. The van der Waals surface area contributed by atoms with Crippen LogP contribution in [-0.4, -0.2) is 29.4 Å². The van der Waals surface area contributed by atoms with E-state index in [9.17, 15) is 22.0 Å². The molecule has 0 saturated carbocycles. The predicted octanol–water partition coefficient (Wildman–Crippen LogP) is 3.48. The van der Waals surface area contributed by atoms with Gasteiger partial charge in [0.05, 0.1) is 22.1 Å². The maximum absolute atomic E-state index is 15.0. The molecule has 0 aliphatic carbocycles. The summed E-state index contributed by atoms with van der Waals surface area (Å²) in [5.41, 5.74) is -1.09. The van der Waals surface area contributed by atoms with Gasteiger partial charge < -0.3 is 4.98 Å². The zero-order valence-electron chi connectivity index (χ0n) is 15.5. The van der Waals surface area contributed by atoms with Crippen LogP contribution in [0.2, 0.25) is 0 Å². The van der Waals surface area contributed by atoms with E-state index in [1.807, 2.05) is 6.07 Å². The van der Waals surface area contributed by atoms with E-state index in [0.29, 0.717) is 0 Å². The van der Waals surface area contributed by atoms with E-state index < -0.39 is 43.9 Å². The Morgan fingerprint density at radius 3 is 2.76 bits per heavy atom. The summed E-state index contributed by atoms with van der Waals surface area (Å²) in [6.07, 6.45) is 2.81. The Labute approximate surface area is 165 Å². The molecule has 0 bridgehead atoms. The van der Waals surface area contributed by atoms with Gasteiger partial charge in [-0.3, -0.25) is 9.52 Å². The maximum Gasteiger partial charge on any atom is 0.235 e. The molecule has 0 spiro atoms. The number of nitriles is 1. The molecule has 29 heavy (non-hydrogen) atoms. The third kappa shape index (κ3) is 3.69. The minimum Gasteiger partial charge on any atom is -0.345 e. The fourth-order valence-corrected chi connectivity index (χ4v) is 3.80. The van der Waals surface area contributed by atoms with Crippen molar-refractivity contribution in [2.45, 2.75) is 25.5 Å². The Balaban J connectivity index is 2.10. The van der Waals surface area contributed by atoms with Crippen molar-refractivity contribution in [3.63, 3.8) is 0 Å². The van der Waals surface area contributed by atoms with Gasteiger partial charge in [-0.15, -0.1) is 0 Å². The maximum atomic E-state index is 15.0. The van der Waals surface area contributed by atoms with Crippen LogP contribution in [0.15, 0.2) is 30.6 Å². The van der Waals surface area contributed by atoms with E-state index in [1.54, 1.807) is 6.92 Å². The number of nitrogens with zero attached hydrogens (tertiary/aromatic N) is 2. The Morgan fingerprint density at radius 1 is 1.38 bits per heavy atom. The van der Waals surface area contributed by atoms with Gasteiger partial charge in [0, 0.05) is 23.3 Å². The van der Waals surface area contributed by atoms with E-state index in [2.05, 4.69) is 14.7 Å². The van der Waals surface area contributed by atoms with E-state index in [-0.39, 0.29) is 28.6 Å². The number of sulfonamides is 1. The molecule has 0 saturated heterocycles. The summed E-state index contributed by atoms with van der Waals surface area (Å²) in [6, 6.07) is 4.99. The number of nitrogens with one attached hydrogen (secondary N) is 2. The molecule has 0 radical (unpaired) electrons. The quantitative estimate of drug-likeness (QED) is 0.595. The van der Waals surface area contributed by atoms with Crippen LogP contribution < -0.4 is 4.72 Å². The van der Waals surface area contributed by atoms with Crippen molar-refractivity contribution in [3.05, 3.63) is 58.9 Å². The molecule has 0 aliphatic heterocycles. The second-order valence-electron chi connectivity index (χ2n) is 6.41. The normalized spacial score (nSPS) is 12.5. The number of carbonyl (C=O) groups excluding carboxylic acids is 1. The highest BCUT2D eigenvalue weighted by molar-refractivity contribution is 7.93. The van der Waals surface area contributed by atoms with Gasteiger partial charge in [-0.1, -0.05) is 6.92 Å². The van der Waals surface area contributed by atoms with Gasteiger partial charge in [0.1, 0.15) is 17.5 Å². The third-order valence-electron chi connectivity index (χ3n) is 4.58. The zero-order chi connectivity index (χ0) is 21.3. The molecular weight excluding hydrogens is 402 g/mol. The molecular formula is C19H16F2N4O3S. The number of pyridine rings is 1. The van der Waals surface area contributed by atoms with Crippen molar-refractivity contribution in [1.29, 1.82) is 5.26 Å². The highest BCUT2D eigenvalue weighted by atomic mass is 32.2. The van der Waals surface area contributed by atoms with Gasteiger partial charge in [0.2, 0.25) is 15.8 Å². The van der Waals surface area contributed by atoms with Crippen molar-refractivity contribution in [2.75, 3.05) is 4.72 Å².